The van der Waals surface area contributed by atoms with E-state index in [-0.39, 0.29) is 26.1 Å². The molecule has 140 valence electrons. The number of ether oxygens (including phenoxy) is 1. The van der Waals surface area contributed by atoms with E-state index in [2.05, 4.69) is 48.5 Å². The molecule has 4 nitrogen and oxygen atoms in total. The van der Waals surface area contributed by atoms with Gasteiger partial charge < -0.3 is 9.29 Å². The number of aryl methyl sites for hydroxylation is 1. The number of hydrogen-bond donors (Lipinski definition) is 0. The summed E-state index contributed by atoms with van der Waals surface area (Å²) in [5.74, 6) is 1.08. The Hall–Kier alpha value is -1.90. The summed E-state index contributed by atoms with van der Waals surface area (Å²) in [6, 6.07) is 23.2. The standard InChI is InChI=1S/C14H12IO.C7H8O3S/c1-2-4-12(5-3-1)15-13-6-7-14-11(10-13)8-9-16-14;1-6-2-4-7(5-3-6)11(8,9)10/h1-7,10H,8-9H2;2-5H,1H3,(H,8,9,10)/q+1;/p-1. The molecular formula is C21H19IO4S. The quantitative estimate of drug-likeness (QED) is 0.397. The van der Waals surface area contributed by atoms with Crippen LogP contribution in [-0.4, -0.2) is 19.6 Å². The van der Waals surface area contributed by atoms with Crippen LogP contribution in [0.5, 0.6) is 5.75 Å². The van der Waals surface area contributed by atoms with Crippen molar-refractivity contribution in [1.82, 2.24) is 0 Å². The molecule has 0 saturated heterocycles. The van der Waals surface area contributed by atoms with E-state index in [1.165, 1.54) is 24.8 Å². The fourth-order valence-electron chi connectivity index (χ4n) is 2.52. The number of rotatable bonds is 3. The molecule has 0 radical (unpaired) electrons. The largest absolute Gasteiger partial charge is 0.744 e. The molecule has 6 heteroatoms. The lowest BCUT2D eigenvalue weighted by Crippen LogP contribution is -3.61. The predicted molar refractivity (Wildman–Crippen MR) is 98.6 cm³/mol. The number of benzene rings is 3. The second-order valence-corrected chi connectivity index (χ2v) is 10.4. The molecular weight excluding hydrogens is 475 g/mol. The van der Waals surface area contributed by atoms with Crippen LogP contribution in [0.3, 0.4) is 0 Å². The van der Waals surface area contributed by atoms with E-state index in [1.807, 2.05) is 6.92 Å². The van der Waals surface area contributed by atoms with E-state index in [0.717, 1.165) is 24.3 Å². The van der Waals surface area contributed by atoms with Crippen LogP contribution in [0.15, 0.2) is 77.7 Å². The first-order valence-corrected chi connectivity index (χ1v) is 12.0. The second kappa shape index (κ2) is 8.86. The lowest BCUT2D eigenvalue weighted by atomic mass is 10.2. The first-order chi connectivity index (χ1) is 12.9. The number of fused-ring (bicyclic) bond motifs is 1. The highest BCUT2D eigenvalue weighted by atomic mass is 127. The smallest absolute Gasteiger partial charge is 0.357 e. The zero-order valence-electron chi connectivity index (χ0n) is 14.8. The Morgan fingerprint density at radius 3 is 2.30 bits per heavy atom. The van der Waals surface area contributed by atoms with Gasteiger partial charge in [0.25, 0.3) is 0 Å². The lowest BCUT2D eigenvalue weighted by Gasteiger charge is -2.05. The molecule has 0 aliphatic carbocycles. The van der Waals surface area contributed by atoms with Crippen LogP contribution in [0.4, 0.5) is 0 Å². The molecule has 0 bridgehead atoms. The van der Waals surface area contributed by atoms with E-state index in [1.54, 1.807) is 12.1 Å². The van der Waals surface area contributed by atoms with E-state index in [9.17, 15) is 13.0 Å². The molecule has 4 rings (SSSR count). The van der Waals surface area contributed by atoms with Crippen LogP contribution in [-0.2, 0) is 16.5 Å². The molecule has 0 aromatic heterocycles. The molecule has 1 aliphatic rings. The average Bonchev–Trinajstić information content (AvgIpc) is 3.10. The lowest BCUT2D eigenvalue weighted by molar-refractivity contribution is -0.597. The van der Waals surface area contributed by atoms with Crippen molar-refractivity contribution in [3.8, 4) is 5.75 Å². The summed E-state index contributed by atoms with van der Waals surface area (Å²) in [5.41, 5.74) is 2.31. The van der Waals surface area contributed by atoms with Gasteiger partial charge in [0.05, 0.1) is 11.5 Å². The van der Waals surface area contributed by atoms with E-state index in [0.29, 0.717) is 0 Å². The Morgan fingerprint density at radius 1 is 0.926 bits per heavy atom. The van der Waals surface area contributed by atoms with Gasteiger partial charge in [-0.15, -0.1) is 0 Å². The van der Waals surface area contributed by atoms with Crippen LogP contribution in [0, 0.1) is 14.1 Å². The van der Waals surface area contributed by atoms with Crippen molar-refractivity contribution in [2.75, 3.05) is 6.61 Å². The average molecular weight is 494 g/mol. The Morgan fingerprint density at radius 2 is 1.63 bits per heavy atom. The Labute approximate surface area is 170 Å². The Kier molecular flexibility index (Phi) is 6.51. The topological polar surface area (TPSA) is 66.4 Å². The van der Waals surface area contributed by atoms with Gasteiger partial charge in [0.2, 0.25) is 0 Å². The zero-order chi connectivity index (χ0) is 19.3. The Bertz CT molecular complexity index is 1000. The maximum absolute atomic E-state index is 10.4. The van der Waals surface area contributed by atoms with E-state index >= 15 is 0 Å². The normalized spacial score (nSPS) is 12.5. The molecule has 3 aromatic carbocycles. The monoisotopic (exact) mass is 494 g/mol. The second-order valence-electron chi connectivity index (χ2n) is 6.01. The van der Waals surface area contributed by atoms with E-state index in [4.69, 9.17) is 4.74 Å². The van der Waals surface area contributed by atoms with Crippen LogP contribution in [0.2, 0.25) is 0 Å². The fraction of sp³-hybridized carbons (Fsp3) is 0.143. The van der Waals surface area contributed by atoms with Crippen molar-refractivity contribution in [2.24, 2.45) is 0 Å². The first kappa shape index (κ1) is 19.9. The maximum atomic E-state index is 10.4. The highest BCUT2D eigenvalue weighted by Crippen LogP contribution is 2.23. The van der Waals surface area contributed by atoms with Crippen molar-refractivity contribution in [1.29, 1.82) is 0 Å². The van der Waals surface area contributed by atoms with Crippen molar-refractivity contribution in [2.45, 2.75) is 18.2 Å². The summed E-state index contributed by atoms with van der Waals surface area (Å²) >= 11 is -0.0347. The molecule has 27 heavy (non-hydrogen) atoms. The summed E-state index contributed by atoms with van der Waals surface area (Å²) < 4.78 is 39.6. The minimum absolute atomic E-state index is 0.0347. The zero-order valence-corrected chi connectivity index (χ0v) is 17.7. The van der Waals surface area contributed by atoms with Gasteiger partial charge >= 0.3 is 21.2 Å². The fourth-order valence-corrected chi connectivity index (χ4v) is 5.38. The third kappa shape index (κ3) is 5.79. The summed E-state index contributed by atoms with van der Waals surface area (Å²) in [4.78, 5) is -0.178. The van der Waals surface area contributed by atoms with Crippen LogP contribution < -0.4 is 25.9 Å². The van der Waals surface area contributed by atoms with Crippen molar-refractivity contribution in [3.63, 3.8) is 0 Å². The van der Waals surface area contributed by atoms with Gasteiger partial charge in [0.15, 0.2) is 7.14 Å². The highest BCUT2D eigenvalue weighted by molar-refractivity contribution is 7.85. The molecule has 0 unspecified atom stereocenters. The van der Waals surface area contributed by atoms with Crippen LogP contribution in [0.25, 0.3) is 0 Å². The van der Waals surface area contributed by atoms with Crippen LogP contribution >= 0.6 is 0 Å². The molecule has 1 aliphatic heterocycles. The van der Waals surface area contributed by atoms with Crippen LogP contribution in [0.1, 0.15) is 11.1 Å². The SMILES string of the molecule is Cc1ccc(S(=O)(=O)[O-])cc1.c1ccc([I+]c2ccc3c(c2)CCO3)cc1. The predicted octanol–water partition coefficient (Wildman–Crippen LogP) is 0.649. The van der Waals surface area contributed by atoms with Gasteiger partial charge in [0, 0.05) is 12.0 Å². The molecule has 0 N–H and O–H groups in total. The summed E-state index contributed by atoms with van der Waals surface area (Å²) in [6.45, 7) is 2.67. The van der Waals surface area contributed by atoms with Gasteiger partial charge in [-0.2, -0.15) is 0 Å². The molecule has 0 spiro atoms. The molecule has 0 amide bonds. The van der Waals surface area contributed by atoms with Gasteiger partial charge in [-0.3, -0.25) is 0 Å². The molecule has 0 atom stereocenters. The molecule has 3 aromatic rings. The van der Waals surface area contributed by atoms with Gasteiger partial charge in [-0.25, -0.2) is 8.42 Å². The minimum atomic E-state index is -4.27. The summed E-state index contributed by atoms with van der Waals surface area (Å²) in [7, 11) is -4.27. The van der Waals surface area contributed by atoms with Crippen molar-refractivity contribution < 1.29 is 38.9 Å². The van der Waals surface area contributed by atoms with E-state index < -0.39 is 10.1 Å². The first-order valence-electron chi connectivity index (χ1n) is 8.40. The third-order valence-electron chi connectivity index (χ3n) is 3.91. The van der Waals surface area contributed by atoms with Gasteiger partial charge in [-0.1, -0.05) is 35.9 Å². The number of halogens is 1. The minimum Gasteiger partial charge on any atom is -0.744 e. The number of hydrogen-bond acceptors (Lipinski definition) is 4. The van der Waals surface area contributed by atoms with Crippen molar-refractivity contribution >= 4 is 10.1 Å². The van der Waals surface area contributed by atoms with Crippen molar-refractivity contribution in [3.05, 3.63) is 91.1 Å². The third-order valence-corrected chi connectivity index (χ3v) is 7.40. The maximum Gasteiger partial charge on any atom is 0.357 e. The van der Waals surface area contributed by atoms with Gasteiger partial charge in [0.1, 0.15) is 15.9 Å². The van der Waals surface area contributed by atoms with Gasteiger partial charge in [-0.05, 0) is 49.4 Å². The molecule has 0 fully saturated rings. The molecule has 1 heterocycles. The summed E-state index contributed by atoms with van der Waals surface area (Å²) in [6.07, 6.45) is 1.07. The Balaban J connectivity index is 0.000000168. The summed E-state index contributed by atoms with van der Waals surface area (Å²) in [5, 5.41) is 0. The highest BCUT2D eigenvalue weighted by Gasteiger charge is 2.19. The molecule has 0 saturated carbocycles.